The zero-order valence-corrected chi connectivity index (χ0v) is 9.17. The fourth-order valence-electron chi connectivity index (χ4n) is 1.10. The van der Waals surface area contributed by atoms with Gasteiger partial charge in [0, 0.05) is 12.1 Å². The lowest BCUT2D eigenvalue weighted by molar-refractivity contribution is -0.139. The van der Waals surface area contributed by atoms with Crippen LogP contribution in [0.15, 0.2) is 23.0 Å². The van der Waals surface area contributed by atoms with Crippen molar-refractivity contribution in [1.82, 2.24) is 10.6 Å². The van der Waals surface area contributed by atoms with Gasteiger partial charge in [-0.3, -0.25) is 4.79 Å². The number of nitrogens with one attached hydrogen (secondary N) is 2. The second-order valence-electron chi connectivity index (χ2n) is 3.57. The van der Waals surface area contributed by atoms with Crippen molar-refractivity contribution in [2.24, 2.45) is 0 Å². The third-order valence-electron chi connectivity index (χ3n) is 2.05. The molecule has 0 aliphatic carbocycles. The summed E-state index contributed by atoms with van der Waals surface area (Å²) in [6, 6.07) is 1.00. The molecule has 96 valence electrons. The number of alkyl halides is 3. The summed E-state index contributed by atoms with van der Waals surface area (Å²) in [4.78, 5) is 11.3. The Kier molecular flexibility index (Phi) is 4.56. The van der Waals surface area contributed by atoms with Gasteiger partial charge in [0.1, 0.15) is 6.54 Å². The van der Waals surface area contributed by atoms with Gasteiger partial charge in [0.25, 0.3) is 0 Å². The molecule has 0 spiro atoms. The van der Waals surface area contributed by atoms with E-state index in [0.717, 1.165) is 5.56 Å². The maximum Gasteiger partial charge on any atom is 0.405 e. The number of rotatable bonds is 5. The van der Waals surface area contributed by atoms with Gasteiger partial charge in [-0.15, -0.1) is 0 Å². The fraction of sp³-hybridized carbons (Fsp3) is 0.500. The van der Waals surface area contributed by atoms with Gasteiger partial charge in [-0.2, -0.15) is 13.2 Å². The van der Waals surface area contributed by atoms with Gasteiger partial charge < -0.3 is 15.1 Å². The van der Waals surface area contributed by atoms with Gasteiger partial charge in [-0.05, 0) is 13.0 Å². The number of carbonyl (C=O) groups is 1. The molecule has 17 heavy (non-hydrogen) atoms. The monoisotopic (exact) mass is 250 g/mol. The standard InChI is InChI=1S/C10H13F3N2O2/c1-7(9(16)15-6-10(11,12)13)14-4-8-2-3-17-5-8/h2-3,5,7,14H,4,6H2,1H3,(H,15,16). The molecule has 0 radical (unpaired) electrons. The van der Waals surface area contributed by atoms with Crippen molar-refractivity contribution >= 4 is 5.91 Å². The summed E-state index contributed by atoms with van der Waals surface area (Å²) < 4.78 is 40.3. The lowest BCUT2D eigenvalue weighted by Gasteiger charge is -2.14. The van der Waals surface area contributed by atoms with Gasteiger partial charge in [0.05, 0.1) is 18.6 Å². The number of amides is 1. The van der Waals surface area contributed by atoms with Gasteiger partial charge in [0.2, 0.25) is 5.91 Å². The highest BCUT2D eigenvalue weighted by atomic mass is 19.4. The summed E-state index contributed by atoms with van der Waals surface area (Å²) in [6.07, 6.45) is -1.42. The van der Waals surface area contributed by atoms with E-state index in [1.165, 1.54) is 19.5 Å². The van der Waals surface area contributed by atoms with Crippen LogP contribution in [-0.2, 0) is 11.3 Å². The van der Waals surface area contributed by atoms with Crippen molar-refractivity contribution in [3.8, 4) is 0 Å². The predicted molar refractivity (Wildman–Crippen MR) is 54.1 cm³/mol. The molecule has 4 nitrogen and oxygen atoms in total. The van der Waals surface area contributed by atoms with Crippen LogP contribution in [0.3, 0.4) is 0 Å². The van der Waals surface area contributed by atoms with Crippen molar-refractivity contribution in [1.29, 1.82) is 0 Å². The Bertz CT molecular complexity index is 349. The molecule has 1 atom stereocenters. The number of hydrogen-bond donors (Lipinski definition) is 2. The van der Waals surface area contributed by atoms with Gasteiger partial charge in [-0.1, -0.05) is 0 Å². The highest BCUT2D eigenvalue weighted by molar-refractivity contribution is 5.81. The van der Waals surface area contributed by atoms with E-state index in [0.29, 0.717) is 6.54 Å². The maximum absolute atomic E-state index is 11.8. The van der Waals surface area contributed by atoms with Gasteiger partial charge in [-0.25, -0.2) is 0 Å². The number of halogens is 3. The van der Waals surface area contributed by atoms with Crippen LogP contribution >= 0.6 is 0 Å². The molecule has 2 N–H and O–H groups in total. The average molecular weight is 250 g/mol. The van der Waals surface area contributed by atoms with Crippen molar-refractivity contribution in [3.63, 3.8) is 0 Å². The lowest BCUT2D eigenvalue weighted by atomic mass is 10.2. The summed E-state index contributed by atoms with van der Waals surface area (Å²) in [6.45, 7) is 0.534. The minimum absolute atomic E-state index is 0.358. The first-order valence-electron chi connectivity index (χ1n) is 4.97. The minimum atomic E-state index is -4.39. The minimum Gasteiger partial charge on any atom is -0.472 e. The molecule has 0 aliphatic heterocycles. The van der Waals surface area contributed by atoms with E-state index in [1.54, 1.807) is 11.4 Å². The quantitative estimate of drug-likeness (QED) is 0.831. The van der Waals surface area contributed by atoms with Crippen LogP contribution in [0.4, 0.5) is 13.2 Å². The second kappa shape index (κ2) is 5.72. The summed E-state index contributed by atoms with van der Waals surface area (Å²) in [7, 11) is 0. The van der Waals surface area contributed by atoms with E-state index in [-0.39, 0.29) is 0 Å². The van der Waals surface area contributed by atoms with Crippen LogP contribution in [0.1, 0.15) is 12.5 Å². The molecule has 1 rings (SSSR count). The summed E-state index contributed by atoms with van der Waals surface area (Å²) in [5.74, 6) is -0.689. The lowest BCUT2D eigenvalue weighted by Crippen LogP contribution is -2.44. The normalized spacial score (nSPS) is 13.4. The van der Waals surface area contributed by atoms with E-state index in [9.17, 15) is 18.0 Å². The zero-order valence-electron chi connectivity index (χ0n) is 9.17. The number of furan rings is 1. The molecular weight excluding hydrogens is 237 g/mol. The van der Waals surface area contributed by atoms with Crippen molar-refractivity contribution < 1.29 is 22.4 Å². The topological polar surface area (TPSA) is 54.3 Å². The van der Waals surface area contributed by atoms with Crippen LogP contribution in [0.2, 0.25) is 0 Å². The molecule has 0 aliphatic rings. The molecule has 1 aromatic rings. The van der Waals surface area contributed by atoms with E-state index in [4.69, 9.17) is 4.42 Å². The summed E-state index contributed by atoms with van der Waals surface area (Å²) in [5.41, 5.74) is 0.820. The molecule has 0 saturated carbocycles. The maximum atomic E-state index is 11.8. The molecular formula is C10H13F3N2O2. The molecule has 1 amide bonds. The van der Waals surface area contributed by atoms with Crippen LogP contribution < -0.4 is 10.6 Å². The van der Waals surface area contributed by atoms with Crippen molar-refractivity contribution in [3.05, 3.63) is 24.2 Å². The van der Waals surface area contributed by atoms with Crippen molar-refractivity contribution in [2.75, 3.05) is 6.54 Å². The predicted octanol–water partition coefficient (Wildman–Crippen LogP) is 1.44. The Hall–Kier alpha value is -1.50. The summed E-state index contributed by atoms with van der Waals surface area (Å²) in [5, 5.41) is 4.58. The van der Waals surface area contributed by atoms with Crippen LogP contribution in [0, 0.1) is 0 Å². The average Bonchev–Trinajstić information content (AvgIpc) is 2.74. The Morgan fingerprint density at radius 2 is 2.24 bits per heavy atom. The van der Waals surface area contributed by atoms with E-state index >= 15 is 0 Å². The van der Waals surface area contributed by atoms with Gasteiger partial charge in [0.15, 0.2) is 0 Å². The molecule has 0 saturated heterocycles. The highest BCUT2D eigenvalue weighted by Crippen LogP contribution is 2.12. The zero-order chi connectivity index (χ0) is 12.9. The van der Waals surface area contributed by atoms with Crippen molar-refractivity contribution in [2.45, 2.75) is 25.7 Å². The SMILES string of the molecule is CC(NCc1ccoc1)C(=O)NCC(F)(F)F. The van der Waals surface area contributed by atoms with Crippen LogP contribution in [-0.4, -0.2) is 24.7 Å². The van der Waals surface area contributed by atoms with Gasteiger partial charge >= 0.3 is 6.18 Å². The van der Waals surface area contributed by atoms with Crippen LogP contribution in [0.25, 0.3) is 0 Å². The molecule has 1 unspecified atom stereocenters. The molecule has 0 fully saturated rings. The van der Waals surface area contributed by atoms with Crippen LogP contribution in [0.5, 0.6) is 0 Å². The number of carbonyl (C=O) groups excluding carboxylic acids is 1. The Labute approximate surface area is 96.2 Å². The van der Waals surface area contributed by atoms with E-state index in [1.807, 2.05) is 0 Å². The Balaban J connectivity index is 2.27. The smallest absolute Gasteiger partial charge is 0.405 e. The Morgan fingerprint density at radius 3 is 2.76 bits per heavy atom. The Morgan fingerprint density at radius 1 is 1.53 bits per heavy atom. The highest BCUT2D eigenvalue weighted by Gasteiger charge is 2.28. The molecule has 0 bridgehead atoms. The number of hydrogen-bond acceptors (Lipinski definition) is 3. The molecule has 1 heterocycles. The third-order valence-corrected chi connectivity index (χ3v) is 2.05. The first kappa shape index (κ1) is 13.6. The molecule has 1 aromatic heterocycles. The fourth-order valence-corrected chi connectivity index (χ4v) is 1.10. The second-order valence-corrected chi connectivity index (χ2v) is 3.57. The first-order chi connectivity index (χ1) is 7.88. The van der Waals surface area contributed by atoms with E-state index in [2.05, 4.69) is 5.32 Å². The largest absolute Gasteiger partial charge is 0.472 e. The molecule has 7 heteroatoms. The first-order valence-corrected chi connectivity index (χ1v) is 4.97. The third kappa shape index (κ3) is 5.39. The molecule has 0 aromatic carbocycles. The summed E-state index contributed by atoms with van der Waals surface area (Å²) >= 11 is 0. The van der Waals surface area contributed by atoms with E-state index < -0.39 is 24.7 Å².